The fraction of sp³-hybridized carbons (Fsp3) is 0.625. The maximum atomic E-state index is 5.75. The zero-order valence-corrected chi connectivity index (χ0v) is 12.4. The summed E-state index contributed by atoms with van der Waals surface area (Å²) < 4.78 is 5.75. The molecule has 0 heterocycles. The highest BCUT2D eigenvalue weighted by molar-refractivity contribution is 5.28. The van der Waals surface area contributed by atoms with Crippen molar-refractivity contribution < 1.29 is 4.74 Å². The summed E-state index contributed by atoms with van der Waals surface area (Å²) in [6.45, 7) is 9.75. The van der Waals surface area contributed by atoms with Crippen LogP contribution in [-0.4, -0.2) is 13.7 Å². The Morgan fingerprint density at radius 1 is 1.17 bits per heavy atom. The molecule has 1 aromatic carbocycles. The molecule has 1 aromatic rings. The van der Waals surface area contributed by atoms with Gasteiger partial charge < -0.3 is 10.1 Å². The lowest BCUT2D eigenvalue weighted by atomic mass is 9.91. The molecule has 0 radical (unpaired) electrons. The predicted molar refractivity (Wildman–Crippen MR) is 78.1 cm³/mol. The second-order valence-corrected chi connectivity index (χ2v) is 6.09. The van der Waals surface area contributed by atoms with E-state index in [2.05, 4.69) is 57.3 Å². The first-order valence-corrected chi connectivity index (χ1v) is 6.82. The average molecular weight is 249 g/mol. The number of hydrogen-bond donors (Lipinski definition) is 1. The summed E-state index contributed by atoms with van der Waals surface area (Å²) >= 11 is 0. The van der Waals surface area contributed by atoms with Gasteiger partial charge in [0.15, 0.2) is 0 Å². The summed E-state index contributed by atoms with van der Waals surface area (Å²) in [5.74, 6) is 0.968. The van der Waals surface area contributed by atoms with Crippen LogP contribution in [0.25, 0.3) is 0 Å². The lowest BCUT2D eigenvalue weighted by molar-refractivity contribution is 0.269. The molecule has 18 heavy (non-hydrogen) atoms. The Labute approximate surface area is 112 Å². The Kier molecular flexibility index (Phi) is 5.67. The number of benzene rings is 1. The molecule has 102 valence electrons. The van der Waals surface area contributed by atoms with Crippen LogP contribution >= 0.6 is 0 Å². The monoisotopic (exact) mass is 249 g/mol. The third-order valence-electron chi connectivity index (χ3n) is 3.15. The van der Waals surface area contributed by atoms with Gasteiger partial charge in [-0.15, -0.1) is 0 Å². The quantitative estimate of drug-likeness (QED) is 0.764. The highest BCUT2D eigenvalue weighted by atomic mass is 16.5. The number of nitrogens with one attached hydrogen (secondary N) is 1. The topological polar surface area (TPSA) is 21.3 Å². The zero-order chi connectivity index (χ0) is 13.6. The van der Waals surface area contributed by atoms with Gasteiger partial charge in [0.2, 0.25) is 0 Å². The second kappa shape index (κ2) is 6.79. The van der Waals surface area contributed by atoms with Crippen LogP contribution in [0, 0.1) is 5.41 Å². The van der Waals surface area contributed by atoms with Gasteiger partial charge in [0, 0.05) is 6.04 Å². The fourth-order valence-electron chi connectivity index (χ4n) is 1.81. The predicted octanol–water partition coefficient (Wildman–Crippen LogP) is 4.17. The molecular weight excluding hydrogens is 222 g/mol. The highest BCUT2D eigenvalue weighted by Crippen LogP contribution is 2.21. The minimum atomic E-state index is 0.389. The van der Waals surface area contributed by atoms with E-state index in [4.69, 9.17) is 4.74 Å². The molecule has 1 N–H and O–H groups in total. The maximum Gasteiger partial charge on any atom is 0.119 e. The van der Waals surface area contributed by atoms with E-state index in [0.29, 0.717) is 11.5 Å². The third kappa shape index (κ3) is 5.54. The van der Waals surface area contributed by atoms with E-state index in [9.17, 15) is 0 Å². The number of ether oxygens (including phenoxy) is 1. The molecule has 0 aliphatic heterocycles. The van der Waals surface area contributed by atoms with Crippen LogP contribution in [0.1, 0.15) is 52.1 Å². The summed E-state index contributed by atoms with van der Waals surface area (Å²) in [4.78, 5) is 0. The molecule has 2 heteroatoms. The van der Waals surface area contributed by atoms with E-state index in [-0.39, 0.29) is 0 Å². The van der Waals surface area contributed by atoms with Crippen molar-refractivity contribution in [1.29, 1.82) is 0 Å². The summed E-state index contributed by atoms with van der Waals surface area (Å²) in [5.41, 5.74) is 1.69. The van der Waals surface area contributed by atoms with Gasteiger partial charge in [0.05, 0.1) is 6.61 Å². The molecule has 2 nitrogen and oxygen atoms in total. The van der Waals surface area contributed by atoms with E-state index in [1.165, 1.54) is 12.0 Å². The maximum absolute atomic E-state index is 5.75. The summed E-state index contributed by atoms with van der Waals surface area (Å²) in [6, 6.07) is 8.75. The molecule has 0 aliphatic rings. The van der Waals surface area contributed by atoms with E-state index in [1.807, 2.05) is 7.05 Å². The van der Waals surface area contributed by atoms with Gasteiger partial charge in [-0.25, -0.2) is 0 Å². The van der Waals surface area contributed by atoms with Crippen molar-refractivity contribution in [3.05, 3.63) is 29.8 Å². The molecule has 0 fully saturated rings. The number of hydrogen-bond acceptors (Lipinski definition) is 2. The van der Waals surface area contributed by atoms with Crippen LogP contribution < -0.4 is 10.1 Å². The van der Waals surface area contributed by atoms with E-state index < -0.39 is 0 Å². The van der Waals surface area contributed by atoms with Gasteiger partial charge in [-0.3, -0.25) is 0 Å². The van der Waals surface area contributed by atoms with E-state index in [1.54, 1.807) is 0 Å². The lowest BCUT2D eigenvalue weighted by Crippen LogP contribution is -2.12. The Balaban J connectivity index is 2.35. The van der Waals surface area contributed by atoms with Crippen molar-refractivity contribution in [3.63, 3.8) is 0 Å². The first kappa shape index (κ1) is 15.0. The molecule has 1 unspecified atom stereocenters. The number of rotatable bonds is 6. The van der Waals surface area contributed by atoms with Crippen molar-refractivity contribution in [2.45, 2.75) is 46.6 Å². The molecule has 0 aliphatic carbocycles. The van der Waals surface area contributed by atoms with Crippen LogP contribution in [0.2, 0.25) is 0 Å². The first-order valence-electron chi connectivity index (χ1n) is 6.82. The second-order valence-electron chi connectivity index (χ2n) is 6.09. The van der Waals surface area contributed by atoms with Crippen molar-refractivity contribution >= 4 is 0 Å². The molecule has 0 bridgehead atoms. The largest absolute Gasteiger partial charge is 0.494 e. The third-order valence-corrected chi connectivity index (χ3v) is 3.15. The molecule has 1 rings (SSSR count). The molecule has 0 saturated carbocycles. The van der Waals surface area contributed by atoms with Crippen molar-refractivity contribution in [1.82, 2.24) is 5.32 Å². The average Bonchev–Trinajstić information content (AvgIpc) is 2.33. The first-order chi connectivity index (χ1) is 8.42. The normalized spacial score (nSPS) is 13.4. The van der Waals surface area contributed by atoms with Crippen molar-refractivity contribution in [2.75, 3.05) is 13.7 Å². The molecule has 0 aromatic heterocycles. The highest BCUT2D eigenvalue weighted by Gasteiger charge is 2.09. The van der Waals surface area contributed by atoms with Crippen LogP contribution in [-0.2, 0) is 0 Å². The fourth-order valence-corrected chi connectivity index (χ4v) is 1.81. The van der Waals surface area contributed by atoms with Gasteiger partial charge in [0.1, 0.15) is 5.75 Å². The minimum absolute atomic E-state index is 0.389. The molecule has 0 saturated heterocycles. The van der Waals surface area contributed by atoms with Crippen LogP contribution in [0.5, 0.6) is 5.75 Å². The summed E-state index contributed by atoms with van der Waals surface area (Å²) in [6.07, 6.45) is 2.31. The lowest BCUT2D eigenvalue weighted by Gasteiger charge is -2.18. The zero-order valence-electron chi connectivity index (χ0n) is 12.4. The summed E-state index contributed by atoms with van der Waals surface area (Å²) in [7, 11) is 1.97. The standard InChI is InChI=1S/C16H27NO/c1-13(17-5)14-7-9-15(10-8-14)18-12-6-11-16(2,3)4/h7-10,13,17H,6,11-12H2,1-5H3. The Hall–Kier alpha value is -1.02. The van der Waals surface area contributed by atoms with E-state index >= 15 is 0 Å². The molecule has 0 amide bonds. The summed E-state index contributed by atoms with van der Waals surface area (Å²) in [5, 5.41) is 3.23. The van der Waals surface area contributed by atoms with Crippen molar-refractivity contribution in [2.24, 2.45) is 5.41 Å². The SMILES string of the molecule is CNC(C)c1ccc(OCCCC(C)(C)C)cc1. The van der Waals surface area contributed by atoms with Gasteiger partial charge in [-0.05, 0) is 49.9 Å². The van der Waals surface area contributed by atoms with Gasteiger partial charge >= 0.3 is 0 Å². The molecule has 0 spiro atoms. The van der Waals surface area contributed by atoms with Gasteiger partial charge in [-0.2, -0.15) is 0 Å². The van der Waals surface area contributed by atoms with Crippen molar-refractivity contribution in [3.8, 4) is 5.75 Å². The molecular formula is C16H27NO. The van der Waals surface area contributed by atoms with Crippen LogP contribution in [0.3, 0.4) is 0 Å². The van der Waals surface area contributed by atoms with Crippen LogP contribution in [0.4, 0.5) is 0 Å². The van der Waals surface area contributed by atoms with E-state index in [0.717, 1.165) is 18.8 Å². The minimum Gasteiger partial charge on any atom is -0.494 e. The smallest absolute Gasteiger partial charge is 0.119 e. The van der Waals surface area contributed by atoms with Gasteiger partial charge in [0.25, 0.3) is 0 Å². The Morgan fingerprint density at radius 2 is 1.78 bits per heavy atom. The van der Waals surface area contributed by atoms with Crippen LogP contribution in [0.15, 0.2) is 24.3 Å². The molecule has 1 atom stereocenters. The Bertz CT molecular complexity index is 337. The van der Waals surface area contributed by atoms with Gasteiger partial charge in [-0.1, -0.05) is 32.9 Å². The Morgan fingerprint density at radius 3 is 2.28 bits per heavy atom.